The van der Waals surface area contributed by atoms with Gasteiger partial charge in [-0.25, -0.2) is 31.7 Å². The van der Waals surface area contributed by atoms with E-state index in [1.54, 1.807) is 11.6 Å². The number of hydrogen-bond acceptors (Lipinski definition) is 9. The summed E-state index contributed by atoms with van der Waals surface area (Å²) in [6.07, 6.45) is 3.88. The maximum Gasteiger partial charge on any atom is 0.338 e. The van der Waals surface area contributed by atoms with E-state index in [9.17, 15) is 22.0 Å². The minimum atomic E-state index is -3.42. The average Bonchev–Trinajstić information content (AvgIpc) is 3.44. The molecule has 2 N–H and O–H groups in total. The molecule has 5 rings (SSSR count). The Hall–Kier alpha value is -2.45. The van der Waals surface area contributed by atoms with Gasteiger partial charge in [0.1, 0.15) is 11.3 Å². The smallest absolute Gasteiger partial charge is 0.338 e. The number of aliphatic imine (C=N–C) groups is 1. The first-order valence-corrected chi connectivity index (χ1v) is 15.3. The van der Waals surface area contributed by atoms with Gasteiger partial charge in [-0.05, 0) is 44.7 Å². The Labute approximate surface area is 234 Å². The molecule has 2 fully saturated rings. The molecule has 1 aromatic carbocycles. The lowest BCUT2D eigenvalue weighted by atomic mass is 9.80. The molecule has 1 unspecified atom stereocenters. The molecule has 1 saturated carbocycles. The largest absolute Gasteiger partial charge is 0.466 e. The fraction of sp³-hybridized carbons (Fsp3) is 0.480. The maximum atomic E-state index is 14.5. The van der Waals surface area contributed by atoms with Crippen molar-refractivity contribution in [1.29, 1.82) is 0 Å². The van der Waals surface area contributed by atoms with Crippen LogP contribution < -0.4 is 10.0 Å². The second-order valence-electron chi connectivity index (χ2n) is 9.98. The van der Waals surface area contributed by atoms with Crippen molar-refractivity contribution >= 4 is 44.8 Å². The number of sulfonamides is 1. The lowest BCUT2D eigenvalue weighted by molar-refractivity contribution is -0.136. The van der Waals surface area contributed by atoms with Crippen LogP contribution in [0.25, 0.3) is 0 Å². The summed E-state index contributed by atoms with van der Waals surface area (Å²) < 4.78 is 61.8. The number of allylic oxidation sites excluding steroid dienone is 1. The van der Waals surface area contributed by atoms with E-state index in [0.717, 1.165) is 6.07 Å². The van der Waals surface area contributed by atoms with Crippen LogP contribution in [0.5, 0.6) is 0 Å². The monoisotopic (exact) mass is 599 g/mol. The van der Waals surface area contributed by atoms with Gasteiger partial charge >= 0.3 is 5.97 Å². The molecule has 3 heterocycles. The van der Waals surface area contributed by atoms with Gasteiger partial charge in [-0.3, -0.25) is 4.99 Å². The number of ether oxygens (including phenoxy) is 1. The van der Waals surface area contributed by atoms with Gasteiger partial charge < -0.3 is 15.0 Å². The number of rotatable bonds is 7. The molecule has 1 atom stereocenters. The Balaban J connectivity index is 1.46. The first-order valence-electron chi connectivity index (χ1n) is 12.5. The average molecular weight is 600 g/mol. The number of thiazole rings is 1. The van der Waals surface area contributed by atoms with Crippen LogP contribution in [0.15, 0.2) is 40.0 Å². The van der Waals surface area contributed by atoms with Gasteiger partial charge in [0.2, 0.25) is 10.0 Å². The fourth-order valence-electron chi connectivity index (χ4n) is 5.31. The van der Waals surface area contributed by atoms with Crippen molar-refractivity contribution in [2.45, 2.75) is 43.0 Å². The number of carbonyl (C=O) groups excluding carboxylic acids is 1. The highest BCUT2D eigenvalue weighted by atomic mass is 35.5. The predicted molar refractivity (Wildman–Crippen MR) is 144 cm³/mol. The van der Waals surface area contributed by atoms with Crippen LogP contribution in [-0.4, -0.2) is 68.6 Å². The number of carbonyl (C=O) groups is 1. The first-order chi connectivity index (χ1) is 18.6. The third kappa shape index (κ3) is 5.60. The molecular weight excluding hydrogens is 572 g/mol. The minimum Gasteiger partial charge on any atom is -0.466 e. The summed E-state index contributed by atoms with van der Waals surface area (Å²) in [5, 5.41) is 4.71. The zero-order chi connectivity index (χ0) is 27.9. The molecule has 2 aromatic rings. The second-order valence-corrected chi connectivity index (χ2v) is 13.2. The molecule has 210 valence electrons. The van der Waals surface area contributed by atoms with Crippen LogP contribution in [0.4, 0.5) is 8.78 Å². The molecule has 0 spiro atoms. The number of hydrogen-bond donors (Lipinski definition) is 2. The molecular formula is C25H28ClF2N5O4S2. The highest BCUT2D eigenvalue weighted by Crippen LogP contribution is 2.42. The zero-order valence-corrected chi connectivity index (χ0v) is 23.7. The lowest BCUT2D eigenvalue weighted by Crippen LogP contribution is -2.57. The summed E-state index contributed by atoms with van der Waals surface area (Å²) in [6, 6.07) is 0.973. The van der Waals surface area contributed by atoms with Crippen molar-refractivity contribution in [1.82, 2.24) is 19.9 Å². The molecule has 0 bridgehead atoms. The van der Waals surface area contributed by atoms with Gasteiger partial charge in [0.25, 0.3) is 0 Å². The van der Waals surface area contributed by atoms with E-state index in [0.29, 0.717) is 55.3 Å². The summed E-state index contributed by atoms with van der Waals surface area (Å²) in [5.74, 6) is -2.82. The van der Waals surface area contributed by atoms with E-state index in [-0.39, 0.29) is 23.1 Å². The predicted octanol–water partition coefficient (Wildman–Crippen LogP) is 3.39. The zero-order valence-electron chi connectivity index (χ0n) is 21.3. The van der Waals surface area contributed by atoms with Gasteiger partial charge in [0, 0.05) is 42.0 Å². The van der Waals surface area contributed by atoms with Crippen molar-refractivity contribution in [2.75, 3.05) is 27.2 Å². The van der Waals surface area contributed by atoms with E-state index in [1.165, 1.54) is 24.5 Å². The van der Waals surface area contributed by atoms with Crippen LogP contribution in [0.2, 0.25) is 5.02 Å². The molecule has 39 heavy (non-hydrogen) atoms. The van der Waals surface area contributed by atoms with Crippen LogP contribution in [0.3, 0.4) is 0 Å². The van der Waals surface area contributed by atoms with Crippen LogP contribution in [0.1, 0.15) is 42.3 Å². The number of halogens is 3. The van der Waals surface area contributed by atoms with Crippen LogP contribution in [0, 0.1) is 17.6 Å². The Kier molecular flexibility index (Phi) is 8.07. The van der Waals surface area contributed by atoms with E-state index < -0.39 is 43.9 Å². The SMILES string of the molecule is COC(=O)C1=C(C2CCC(NS(=O)(=O)C3CN(C)C3)CC2)NC(c2nccs2)=NC1c1ccc(F)c(F)c1Cl. The molecule has 0 radical (unpaired) electrons. The number of esters is 1. The van der Waals surface area contributed by atoms with Crippen LogP contribution in [-0.2, 0) is 19.6 Å². The minimum absolute atomic E-state index is 0.121. The van der Waals surface area contributed by atoms with Gasteiger partial charge in [-0.15, -0.1) is 11.3 Å². The van der Waals surface area contributed by atoms with E-state index in [2.05, 4.69) is 20.0 Å². The highest BCUT2D eigenvalue weighted by Gasteiger charge is 2.40. The number of aromatic nitrogens is 1. The van der Waals surface area contributed by atoms with Crippen LogP contribution >= 0.6 is 22.9 Å². The fourth-order valence-corrected chi connectivity index (χ4v) is 7.95. The third-order valence-corrected chi connectivity index (χ3v) is 10.4. The summed E-state index contributed by atoms with van der Waals surface area (Å²) in [6.45, 7) is 1.02. The van der Waals surface area contributed by atoms with E-state index >= 15 is 0 Å². The Morgan fingerprint density at radius 3 is 2.56 bits per heavy atom. The van der Waals surface area contributed by atoms with Gasteiger partial charge in [-0.2, -0.15) is 0 Å². The number of benzene rings is 1. The standard InChI is InChI=1S/C25H28ClF2N5O4S2/c1-33-11-15(12-33)39(35,36)32-14-5-3-13(4-6-14)21-18(25(34)37-2)22(16-7-8-17(27)20(28)19(16)26)31-23(30-21)24-29-9-10-38-24/h7-10,13-15,22,32H,3-6,11-12H2,1-2H3,(H,30,31). The number of amidine groups is 1. The van der Waals surface area contributed by atoms with Crippen molar-refractivity contribution in [3.8, 4) is 0 Å². The van der Waals surface area contributed by atoms with Crippen molar-refractivity contribution in [3.05, 3.63) is 62.2 Å². The van der Waals surface area contributed by atoms with Gasteiger partial charge in [0.05, 0.1) is 17.7 Å². The molecule has 3 aliphatic rings. The van der Waals surface area contributed by atoms with Gasteiger partial charge in [-0.1, -0.05) is 17.7 Å². The lowest BCUT2D eigenvalue weighted by Gasteiger charge is -2.38. The molecule has 1 saturated heterocycles. The Morgan fingerprint density at radius 2 is 1.95 bits per heavy atom. The number of likely N-dealkylation sites (tertiary alicyclic amines) is 1. The normalized spacial score (nSPS) is 24.6. The molecule has 14 heteroatoms. The number of methoxy groups -OCH3 is 1. The molecule has 0 amide bonds. The Bertz CT molecular complexity index is 1420. The Morgan fingerprint density at radius 1 is 1.23 bits per heavy atom. The molecule has 9 nitrogen and oxygen atoms in total. The van der Waals surface area contributed by atoms with E-state index in [4.69, 9.17) is 16.3 Å². The first kappa shape index (κ1) is 28.1. The maximum absolute atomic E-state index is 14.5. The summed E-state index contributed by atoms with van der Waals surface area (Å²) in [4.78, 5) is 24.1. The number of nitrogens with one attached hydrogen (secondary N) is 2. The van der Waals surface area contributed by atoms with E-state index in [1.807, 2.05) is 11.9 Å². The molecule has 1 aromatic heterocycles. The molecule has 1 aliphatic carbocycles. The quantitative estimate of drug-likeness (QED) is 0.371. The van der Waals surface area contributed by atoms with Gasteiger partial charge in [0.15, 0.2) is 22.5 Å². The van der Waals surface area contributed by atoms with Crippen molar-refractivity contribution in [3.63, 3.8) is 0 Å². The highest BCUT2D eigenvalue weighted by molar-refractivity contribution is 7.90. The molecule has 2 aliphatic heterocycles. The third-order valence-electron chi connectivity index (χ3n) is 7.41. The summed E-state index contributed by atoms with van der Waals surface area (Å²) in [7, 11) is -0.306. The summed E-state index contributed by atoms with van der Waals surface area (Å²) >= 11 is 7.55. The summed E-state index contributed by atoms with van der Waals surface area (Å²) in [5.41, 5.74) is 0.804. The topological polar surface area (TPSA) is 113 Å². The van der Waals surface area contributed by atoms with Crippen molar-refractivity contribution < 1.29 is 26.7 Å². The second kappa shape index (κ2) is 11.2. The number of nitrogens with zero attached hydrogens (tertiary/aromatic N) is 3. The van der Waals surface area contributed by atoms with Crippen molar-refractivity contribution in [2.24, 2.45) is 10.9 Å².